The molecule has 1 N–H and O–H groups in total. The molecule has 0 fully saturated rings. The number of fused-ring (bicyclic) bond motifs is 1. The SMILES string of the molecule is N#CCc1[nH]nc2c(F)c(F)ccc12. The van der Waals surface area contributed by atoms with Gasteiger partial charge in [0.2, 0.25) is 0 Å². The minimum atomic E-state index is -0.983. The maximum atomic E-state index is 13.1. The predicted octanol–water partition coefficient (Wildman–Crippen LogP) is 1.91. The number of nitriles is 1. The highest BCUT2D eigenvalue weighted by molar-refractivity contribution is 5.82. The zero-order chi connectivity index (χ0) is 10.1. The van der Waals surface area contributed by atoms with Crippen LogP contribution in [0.3, 0.4) is 0 Å². The second-order valence-corrected chi connectivity index (χ2v) is 2.79. The molecule has 0 aliphatic heterocycles. The number of aromatic nitrogens is 2. The summed E-state index contributed by atoms with van der Waals surface area (Å²) in [6.45, 7) is 0. The highest BCUT2D eigenvalue weighted by Gasteiger charge is 2.12. The Hall–Kier alpha value is -1.96. The first-order valence-electron chi connectivity index (χ1n) is 3.92. The topological polar surface area (TPSA) is 52.5 Å². The first-order valence-corrected chi connectivity index (χ1v) is 3.92. The summed E-state index contributed by atoms with van der Waals surface area (Å²) >= 11 is 0. The van der Waals surface area contributed by atoms with Crippen LogP contribution in [0.5, 0.6) is 0 Å². The van der Waals surface area contributed by atoms with Gasteiger partial charge in [-0.15, -0.1) is 0 Å². The number of benzene rings is 1. The Labute approximate surface area is 78.0 Å². The Balaban J connectivity index is 2.72. The third-order valence-electron chi connectivity index (χ3n) is 1.95. The first-order chi connectivity index (χ1) is 6.74. The van der Waals surface area contributed by atoms with E-state index in [1.165, 1.54) is 6.07 Å². The average molecular weight is 193 g/mol. The van der Waals surface area contributed by atoms with Crippen LogP contribution in [0.4, 0.5) is 8.78 Å². The summed E-state index contributed by atoms with van der Waals surface area (Å²) in [6, 6.07) is 4.34. The Kier molecular flexibility index (Phi) is 1.89. The third kappa shape index (κ3) is 1.12. The highest BCUT2D eigenvalue weighted by atomic mass is 19.2. The van der Waals surface area contributed by atoms with Gasteiger partial charge in [0, 0.05) is 5.39 Å². The van der Waals surface area contributed by atoms with Crippen molar-refractivity contribution in [2.45, 2.75) is 6.42 Å². The molecule has 0 amide bonds. The van der Waals surface area contributed by atoms with Crippen molar-refractivity contribution >= 4 is 10.9 Å². The van der Waals surface area contributed by atoms with Crippen molar-refractivity contribution < 1.29 is 8.78 Å². The van der Waals surface area contributed by atoms with E-state index >= 15 is 0 Å². The van der Waals surface area contributed by atoms with Gasteiger partial charge in [0.05, 0.1) is 18.2 Å². The summed E-state index contributed by atoms with van der Waals surface area (Å²) in [5, 5.41) is 15.0. The molecule has 0 saturated carbocycles. The number of aromatic amines is 1. The summed E-state index contributed by atoms with van der Waals surface area (Å²) in [5.41, 5.74) is 0.441. The second kappa shape index (κ2) is 3.07. The average Bonchev–Trinajstić information content (AvgIpc) is 2.57. The van der Waals surface area contributed by atoms with Gasteiger partial charge in [-0.1, -0.05) is 0 Å². The molecule has 0 aliphatic rings. The molecule has 0 unspecified atom stereocenters. The number of halogens is 2. The molecule has 2 aromatic rings. The van der Waals surface area contributed by atoms with Crippen LogP contribution in [-0.4, -0.2) is 10.2 Å². The van der Waals surface area contributed by atoms with E-state index < -0.39 is 11.6 Å². The number of hydrogen-bond donors (Lipinski definition) is 1. The predicted molar refractivity (Wildman–Crippen MR) is 45.3 cm³/mol. The van der Waals surface area contributed by atoms with Crippen molar-refractivity contribution in [1.29, 1.82) is 5.26 Å². The molecule has 0 radical (unpaired) electrons. The number of nitrogens with one attached hydrogen (secondary N) is 1. The van der Waals surface area contributed by atoms with Gasteiger partial charge >= 0.3 is 0 Å². The smallest absolute Gasteiger partial charge is 0.186 e. The molecule has 0 aliphatic carbocycles. The molecule has 1 heterocycles. The summed E-state index contributed by atoms with van der Waals surface area (Å²) in [7, 11) is 0. The number of H-pyrrole nitrogens is 1. The standard InChI is InChI=1S/C9H5F2N3/c10-6-2-1-5-7(3-4-12)13-14-9(5)8(6)11/h1-2H,3H2,(H,13,14). The fraction of sp³-hybridized carbons (Fsp3) is 0.111. The van der Waals surface area contributed by atoms with Gasteiger partial charge in [-0.05, 0) is 12.1 Å². The minimum absolute atomic E-state index is 0.0600. The fourth-order valence-corrected chi connectivity index (χ4v) is 1.29. The highest BCUT2D eigenvalue weighted by Crippen LogP contribution is 2.20. The molecular formula is C9H5F2N3. The lowest BCUT2D eigenvalue weighted by molar-refractivity contribution is 0.515. The first kappa shape index (κ1) is 8.63. The van der Waals surface area contributed by atoms with Crippen LogP contribution in [0.2, 0.25) is 0 Å². The molecule has 1 aromatic carbocycles. The number of hydrogen-bond acceptors (Lipinski definition) is 2. The molecule has 5 heteroatoms. The van der Waals surface area contributed by atoms with E-state index in [2.05, 4.69) is 10.2 Å². The van der Waals surface area contributed by atoms with Gasteiger partial charge in [0.15, 0.2) is 11.6 Å². The van der Waals surface area contributed by atoms with E-state index in [-0.39, 0.29) is 11.9 Å². The summed E-state index contributed by atoms with van der Waals surface area (Å²) in [6.07, 6.45) is 0.0988. The van der Waals surface area contributed by atoms with E-state index in [9.17, 15) is 8.78 Å². The van der Waals surface area contributed by atoms with Crippen LogP contribution < -0.4 is 0 Å². The molecule has 1 aromatic heterocycles. The normalized spacial score (nSPS) is 10.4. The lowest BCUT2D eigenvalue weighted by Crippen LogP contribution is -1.85. The zero-order valence-corrected chi connectivity index (χ0v) is 7.01. The molecule has 3 nitrogen and oxygen atoms in total. The van der Waals surface area contributed by atoms with Crippen molar-refractivity contribution in [3.8, 4) is 6.07 Å². The molecule has 2 rings (SSSR count). The lowest BCUT2D eigenvalue weighted by atomic mass is 10.1. The van der Waals surface area contributed by atoms with Crippen LogP contribution >= 0.6 is 0 Å². The molecule has 0 spiro atoms. The minimum Gasteiger partial charge on any atom is -0.280 e. The zero-order valence-electron chi connectivity index (χ0n) is 7.01. The lowest BCUT2D eigenvalue weighted by Gasteiger charge is -1.93. The molecule has 70 valence electrons. The van der Waals surface area contributed by atoms with Crippen molar-refractivity contribution in [2.24, 2.45) is 0 Å². The van der Waals surface area contributed by atoms with Gasteiger partial charge in [-0.25, -0.2) is 8.78 Å². The van der Waals surface area contributed by atoms with Crippen LogP contribution in [0.1, 0.15) is 5.69 Å². The summed E-state index contributed by atoms with van der Waals surface area (Å²) in [4.78, 5) is 0. The van der Waals surface area contributed by atoms with Crippen LogP contribution in [0, 0.1) is 23.0 Å². The van der Waals surface area contributed by atoms with Gasteiger partial charge in [-0.2, -0.15) is 10.4 Å². The number of nitrogens with zero attached hydrogens (tertiary/aromatic N) is 2. The largest absolute Gasteiger partial charge is 0.280 e. The second-order valence-electron chi connectivity index (χ2n) is 2.79. The van der Waals surface area contributed by atoms with E-state index in [4.69, 9.17) is 5.26 Å². The van der Waals surface area contributed by atoms with Crippen LogP contribution in [-0.2, 0) is 6.42 Å². The molecular weight excluding hydrogens is 188 g/mol. The van der Waals surface area contributed by atoms with E-state index in [1.54, 1.807) is 0 Å². The molecule has 0 saturated heterocycles. The summed E-state index contributed by atoms with van der Waals surface area (Å²) in [5.74, 6) is -1.92. The van der Waals surface area contributed by atoms with Crippen LogP contribution in [0.15, 0.2) is 12.1 Å². The monoisotopic (exact) mass is 193 g/mol. The quantitative estimate of drug-likeness (QED) is 0.752. The van der Waals surface area contributed by atoms with E-state index in [0.717, 1.165) is 6.07 Å². The van der Waals surface area contributed by atoms with Gasteiger partial charge in [0.1, 0.15) is 5.52 Å². The van der Waals surface area contributed by atoms with E-state index in [0.29, 0.717) is 11.1 Å². The molecule has 0 bridgehead atoms. The summed E-state index contributed by atoms with van der Waals surface area (Å²) < 4.78 is 25.9. The van der Waals surface area contributed by atoms with Crippen molar-refractivity contribution in [3.63, 3.8) is 0 Å². The van der Waals surface area contributed by atoms with Crippen molar-refractivity contribution in [3.05, 3.63) is 29.5 Å². The van der Waals surface area contributed by atoms with Gasteiger partial charge in [0.25, 0.3) is 0 Å². The third-order valence-corrected chi connectivity index (χ3v) is 1.95. The maximum absolute atomic E-state index is 13.1. The maximum Gasteiger partial charge on any atom is 0.186 e. The van der Waals surface area contributed by atoms with Crippen LogP contribution in [0.25, 0.3) is 10.9 Å². The van der Waals surface area contributed by atoms with E-state index in [1.807, 2.05) is 6.07 Å². The Morgan fingerprint density at radius 2 is 2.21 bits per heavy atom. The van der Waals surface area contributed by atoms with Crippen molar-refractivity contribution in [1.82, 2.24) is 10.2 Å². The Morgan fingerprint density at radius 3 is 2.93 bits per heavy atom. The fourth-order valence-electron chi connectivity index (χ4n) is 1.29. The van der Waals surface area contributed by atoms with Gasteiger partial charge < -0.3 is 0 Å². The number of rotatable bonds is 1. The Bertz CT molecular complexity index is 525. The molecule has 14 heavy (non-hydrogen) atoms. The van der Waals surface area contributed by atoms with Crippen molar-refractivity contribution in [2.75, 3.05) is 0 Å². The van der Waals surface area contributed by atoms with Gasteiger partial charge in [-0.3, -0.25) is 5.10 Å². The molecule has 0 atom stereocenters. The Morgan fingerprint density at radius 1 is 1.43 bits per heavy atom.